The van der Waals surface area contributed by atoms with Crippen LogP contribution in [0.2, 0.25) is 0 Å². The van der Waals surface area contributed by atoms with Crippen LogP contribution in [0, 0.1) is 0 Å². The SMILES string of the molecule is CC(C)Oc1nc(NN)nc(NC2CCCCC2)n1. The van der Waals surface area contributed by atoms with Crippen molar-refractivity contribution in [1.29, 1.82) is 0 Å². The predicted molar refractivity (Wildman–Crippen MR) is 73.9 cm³/mol. The number of hydrogen-bond donors (Lipinski definition) is 3. The van der Waals surface area contributed by atoms with Crippen molar-refractivity contribution in [3.8, 4) is 6.01 Å². The maximum Gasteiger partial charge on any atom is 0.323 e. The second-order valence-electron chi connectivity index (χ2n) is 5.06. The molecule has 0 atom stereocenters. The van der Waals surface area contributed by atoms with Gasteiger partial charge in [0.1, 0.15) is 0 Å². The topological polar surface area (TPSA) is 98.0 Å². The van der Waals surface area contributed by atoms with Crippen LogP contribution in [0.3, 0.4) is 0 Å². The lowest BCUT2D eigenvalue weighted by molar-refractivity contribution is 0.222. The highest BCUT2D eigenvalue weighted by Gasteiger charge is 2.16. The number of hydrogen-bond acceptors (Lipinski definition) is 7. The molecule has 0 unspecified atom stereocenters. The lowest BCUT2D eigenvalue weighted by Crippen LogP contribution is -2.24. The Bertz CT molecular complexity index is 405. The van der Waals surface area contributed by atoms with Gasteiger partial charge in [-0.05, 0) is 26.7 Å². The number of nitrogens with zero attached hydrogens (tertiary/aromatic N) is 3. The van der Waals surface area contributed by atoms with Gasteiger partial charge in [0.15, 0.2) is 0 Å². The molecule has 1 fully saturated rings. The summed E-state index contributed by atoms with van der Waals surface area (Å²) in [6.07, 6.45) is 6.12. The molecule has 19 heavy (non-hydrogen) atoms. The molecule has 0 aliphatic heterocycles. The maximum absolute atomic E-state index is 5.49. The highest BCUT2D eigenvalue weighted by atomic mass is 16.5. The molecule has 4 N–H and O–H groups in total. The van der Waals surface area contributed by atoms with Crippen LogP contribution in [0.4, 0.5) is 11.9 Å². The van der Waals surface area contributed by atoms with E-state index in [4.69, 9.17) is 10.6 Å². The van der Waals surface area contributed by atoms with E-state index in [-0.39, 0.29) is 12.1 Å². The minimum atomic E-state index is 0.00977. The molecule has 7 heteroatoms. The van der Waals surface area contributed by atoms with Crippen LogP contribution < -0.4 is 21.3 Å². The average molecular weight is 266 g/mol. The van der Waals surface area contributed by atoms with Crippen LogP contribution >= 0.6 is 0 Å². The van der Waals surface area contributed by atoms with Gasteiger partial charge in [-0.2, -0.15) is 15.0 Å². The zero-order chi connectivity index (χ0) is 13.7. The van der Waals surface area contributed by atoms with E-state index in [0.717, 1.165) is 12.8 Å². The lowest BCUT2D eigenvalue weighted by Gasteiger charge is -2.22. The van der Waals surface area contributed by atoms with Crippen molar-refractivity contribution in [3.05, 3.63) is 0 Å². The van der Waals surface area contributed by atoms with Crippen molar-refractivity contribution in [2.24, 2.45) is 5.84 Å². The molecule has 0 radical (unpaired) electrons. The van der Waals surface area contributed by atoms with E-state index in [0.29, 0.717) is 17.9 Å². The first kappa shape index (κ1) is 13.8. The fourth-order valence-electron chi connectivity index (χ4n) is 2.18. The summed E-state index contributed by atoms with van der Waals surface area (Å²) in [5, 5.41) is 3.33. The minimum absolute atomic E-state index is 0.00977. The van der Waals surface area contributed by atoms with E-state index < -0.39 is 0 Å². The van der Waals surface area contributed by atoms with E-state index in [1.165, 1.54) is 19.3 Å². The summed E-state index contributed by atoms with van der Waals surface area (Å²) in [5.74, 6) is 6.19. The summed E-state index contributed by atoms with van der Waals surface area (Å²) < 4.78 is 5.49. The van der Waals surface area contributed by atoms with E-state index in [9.17, 15) is 0 Å². The van der Waals surface area contributed by atoms with Gasteiger partial charge < -0.3 is 10.1 Å². The standard InChI is InChI=1S/C12H22N6O/c1-8(2)19-12-16-10(15-11(17-12)18-13)14-9-6-4-3-5-7-9/h8-9H,3-7,13H2,1-2H3,(H2,14,15,16,17,18). The Morgan fingerprint density at radius 3 is 2.42 bits per heavy atom. The molecule has 1 aliphatic carbocycles. The van der Waals surface area contributed by atoms with Crippen molar-refractivity contribution >= 4 is 11.9 Å². The lowest BCUT2D eigenvalue weighted by atomic mass is 9.96. The van der Waals surface area contributed by atoms with Gasteiger partial charge in [0, 0.05) is 6.04 Å². The third-order valence-corrected chi connectivity index (χ3v) is 3.02. The first-order valence-electron chi connectivity index (χ1n) is 6.83. The number of hydrazine groups is 1. The summed E-state index contributed by atoms with van der Waals surface area (Å²) in [5.41, 5.74) is 2.44. The molecule has 0 amide bonds. The summed E-state index contributed by atoms with van der Waals surface area (Å²) in [6, 6.07) is 0.713. The van der Waals surface area contributed by atoms with E-state index in [1.807, 2.05) is 13.8 Å². The summed E-state index contributed by atoms with van der Waals surface area (Å²) in [6.45, 7) is 3.85. The normalized spacial score (nSPS) is 16.4. The monoisotopic (exact) mass is 266 g/mol. The molecule has 0 bridgehead atoms. The number of nitrogens with two attached hydrogens (primary N) is 1. The van der Waals surface area contributed by atoms with Crippen molar-refractivity contribution < 1.29 is 4.74 Å². The number of rotatable bonds is 5. The van der Waals surface area contributed by atoms with Gasteiger partial charge in [0.2, 0.25) is 11.9 Å². The van der Waals surface area contributed by atoms with E-state index >= 15 is 0 Å². The Hall–Kier alpha value is -1.63. The van der Waals surface area contributed by atoms with Crippen LogP contribution in [0.15, 0.2) is 0 Å². The maximum atomic E-state index is 5.49. The van der Waals surface area contributed by atoms with Gasteiger partial charge in [-0.15, -0.1) is 0 Å². The Balaban J connectivity index is 2.09. The molecule has 1 aromatic rings. The average Bonchev–Trinajstić information content (AvgIpc) is 2.38. The molecule has 0 aromatic carbocycles. The summed E-state index contributed by atoms with van der Waals surface area (Å²) >= 11 is 0. The molecule has 1 heterocycles. The Morgan fingerprint density at radius 1 is 1.11 bits per heavy atom. The van der Waals surface area contributed by atoms with Crippen molar-refractivity contribution in [1.82, 2.24) is 15.0 Å². The predicted octanol–water partition coefficient (Wildman–Crippen LogP) is 1.69. The minimum Gasteiger partial charge on any atom is -0.461 e. The third-order valence-electron chi connectivity index (χ3n) is 3.02. The highest BCUT2D eigenvalue weighted by molar-refractivity contribution is 5.35. The fourth-order valence-corrected chi connectivity index (χ4v) is 2.18. The number of nitrogen functional groups attached to an aromatic ring is 1. The molecule has 2 rings (SSSR count). The van der Waals surface area contributed by atoms with Crippen LogP contribution in [-0.2, 0) is 0 Å². The van der Waals surface area contributed by atoms with Crippen LogP contribution in [0.1, 0.15) is 46.0 Å². The van der Waals surface area contributed by atoms with Gasteiger partial charge in [-0.1, -0.05) is 19.3 Å². The number of anilines is 2. The van der Waals surface area contributed by atoms with Gasteiger partial charge in [0.25, 0.3) is 0 Å². The van der Waals surface area contributed by atoms with Gasteiger partial charge in [-0.3, -0.25) is 5.43 Å². The largest absolute Gasteiger partial charge is 0.461 e. The van der Waals surface area contributed by atoms with Gasteiger partial charge in [0.05, 0.1) is 6.10 Å². The van der Waals surface area contributed by atoms with Gasteiger partial charge in [-0.25, -0.2) is 5.84 Å². The Kier molecular flexibility index (Phi) is 4.73. The first-order valence-corrected chi connectivity index (χ1v) is 6.83. The quantitative estimate of drug-likeness (QED) is 0.551. The molecule has 7 nitrogen and oxygen atoms in total. The highest BCUT2D eigenvalue weighted by Crippen LogP contribution is 2.21. The molecule has 0 spiro atoms. The van der Waals surface area contributed by atoms with Gasteiger partial charge >= 0.3 is 6.01 Å². The van der Waals surface area contributed by atoms with Crippen molar-refractivity contribution in [2.75, 3.05) is 10.7 Å². The molecular weight excluding hydrogens is 244 g/mol. The first-order chi connectivity index (χ1) is 9.17. The van der Waals surface area contributed by atoms with Crippen LogP contribution in [0.25, 0.3) is 0 Å². The van der Waals surface area contributed by atoms with Crippen LogP contribution in [0.5, 0.6) is 6.01 Å². The van der Waals surface area contributed by atoms with Crippen LogP contribution in [-0.4, -0.2) is 27.1 Å². The van der Waals surface area contributed by atoms with E-state index in [2.05, 4.69) is 25.7 Å². The van der Waals surface area contributed by atoms with E-state index in [1.54, 1.807) is 0 Å². The number of aromatic nitrogens is 3. The summed E-state index contributed by atoms with van der Waals surface area (Å²) in [7, 11) is 0. The number of nitrogens with one attached hydrogen (secondary N) is 2. The second-order valence-corrected chi connectivity index (χ2v) is 5.06. The zero-order valence-corrected chi connectivity index (χ0v) is 11.5. The summed E-state index contributed by atoms with van der Waals surface area (Å²) in [4.78, 5) is 12.5. The molecule has 0 saturated heterocycles. The smallest absolute Gasteiger partial charge is 0.323 e. The van der Waals surface area contributed by atoms with Crippen molar-refractivity contribution in [3.63, 3.8) is 0 Å². The molecule has 1 aromatic heterocycles. The molecule has 106 valence electrons. The van der Waals surface area contributed by atoms with Crippen molar-refractivity contribution in [2.45, 2.75) is 58.1 Å². The fraction of sp³-hybridized carbons (Fsp3) is 0.750. The number of ether oxygens (including phenoxy) is 1. The molecular formula is C12H22N6O. The Labute approximate surface area is 113 Å². The second kappa shape index (κ2) is 6.51. The molecule has 1 saturated carbocycles. The Morgan fingerprint density at radius 2 is 1.79 bits per heavy atom. The third kappa shape index (κ3) is 4.20. The molecule has 1 aliphatic rings. The zero-order valence-electron chi connectivity index (χ0n) is 11.5.